The molecule has 2 fully saturated rings. The van der Waals surface area contributed by atoms with Gasteiger partial charge in [-0.05, 0) is 63.1 Å². The third kappa shape index (κ3) is 8.43. The van der Waals surface area contributed by atoms with Gasteiger partial charge in [0, 0.05) is 12.8 Å². The van der Waals surface area contributed by atoms with Crippen molar-refractivity contribution in [2.24, 2.45) is 0 Å². The Morgan fingerprint density at radius 3 is 1.78 bits per heavy atom. The van der Waals surface area contributed by atoms with E-state index in [1.165, 1.54) is 0 Å². The van der Waals surface area contributed by atoms with E-state index in [-0.39, 0.29) is 47.0 Å². The molecule has 41 heavy (non-hydrogen) atoms. The predicted octanol–water partition coefficient (Wildman–Crippen LogP) is 5.46. The molecule has 0 amide bonds. The van der Waals surface area contributed by atoms with Gasteiger partial charge >= 0.3 is 0 Å². The van der Waals surface area contributed by atoms with Crippen LogP contribution in [-0.2, 0) is 32.5 Å². The SMILES string of the molecule is C[C@@H]1O[C@@H](O[C@@H]2[C@H](C)O[C@@H](O[C@@H]3[C@H](C)OC=C[C@@H]3O[Si](C)(C)C(C)(C)C)C[C@@H]2O[Si](C)(C)C(C)(C)C)C[C@H](O)[C@@H]1O. The van der Waals surface area contributed by atoms with Gasteiger partial charge in [0.15, 0.2) is 29.2 Å². The maximum Gasteiger partial charge on any atom is 0.193 e. The highest BCUT2D eigenvalue weighted by molar-refractivity contribution is 6.74. The van der Waals surface area contributed by atoms with Gasteiger partial charge in [-0.3, -0.25) is 0 Å². The van der Waals surface area contributed by atoms with Crippen molar-refractivity contribution in [1.29, 1.82) is 0 Å². The van der Waals surface area contributed by atoms with Crippen molar-refractivity contribution >= 4 is 16.6 Å². The highest BCUT2D eigenvalue weighted by Crippen LogP contribution is 2.42. The Morgan fingerprint density at radius 2 is 1.22 bits per heavy atom. The summed E-state index contributed by atoms with van der Waals surface area (Å²) in [4.78, 5) is 0. The van der Waals surface area contributed by atoms with Gasteiger partial charge in [-0.2, -0.15) is 0 Å². The molecule has 3 rings (SSSR count). The van der Waals surface area contributed by atoms with E-state index in [0.717, 1.165) is 0 Å². The first-order valence-electron chi connectivity index (χ1n) is 15.3. The number of aliphatic hydroxyl groups is 2. The van der Waals surface area contributed by atoms with Gasteiger partial charge in [-0.15, -0.1) is 0 Å². The molecule has 3 aliphatic rings. The summed E-state index contributed by atoms with van der Waals surface area (Å²) in [5.74, 6) is 0. The normalized spacial score (nSPS) is 39.4. The Kier molecular flexibility index (Phi) is 11.1. The van der Waals surface area contributed by atoms with Crippen molar-refractivity contribution in [3.63, 3.8) is 0 Å². The first kappa shape index (κ1) is 35.1. The van der Waals surface area contributed by atoms with E-state index < -0.39 is 53.6 Å². The molecule has 0 aromatic heterocycles. The lowest BCUT2D eigenvalue weighted by Gasteiger charge is -2.48. The van der Waals surface area contributed by atoms with Crippen molar-refractivity contribution in [2.75, 3.05) is 0 Å². The summed E-state index contributed by atoms with van der Waals surface area (Å²) < 4.78 is 45.1. The zero-order valence-corrected chi connectivity index (χ0v) is 29.7. The summed E-state index contributed by atoms with van der Waals surface area (Å²) >= 11 is 0. The molecule has 2 saturated heterocycles. The standard InChI is InChI=1S/C30H58O9Si2/c1-18-26(32)21(31)16-24(34-18)36-28-20(3)35-25(17-23(28)39-41(12,13)30(7,8)9)37-27-19(2)33-15-14-22(27)38-40(10,11)29(4,5)6/h14-15,18-28,31-32H,16-17H2,1-13H3/t18-,19-,20-,21-,22-,23-,24-,25-,26+,27+,28+/m0/s1. The van der Waals surface area contributed by atoms with E-state index >= 15 is 0 Å². The summed E-state index contributed by atoms with van der Waals surface area (Å²) in [7, 11) is -4.29. The molecule has 0 aliphatic carbocycles. The molecular formula is C30H58O9Si2. The topological polar surface area (TPSA) is 105 Å². The second-order valence-electron chi connectivity index (χ2n) is 15.2. The average Bonchev–Trinajstić information content (AvgIpc) is 2.80. The Bertz CT molecular complexity index is 872. The highest BCUT2D eigenvalue weighted by Gasteiger charge is 2.49. The quantitative estimate of drug-likeness (QED) is 0.343. The fourth-order valence-corrected chi connectivity index (χ4v) is 7.52. The van der Waals surface area contributed by atoms with E-state index in [0.29, 0.717) is 6.42 Å². The van der Waals surface area contributed by atoms with Gasteiger partial charge in [0.2, 0.25) is 0 Å². The van der Waals surface area contributed by atoms with E-state index in [4.69, 9.17) is 32.5 Å². The van der Waals surface area contributed by atoms with Crippen LogP contribution in [-0.4, -0.2) is 94.4 Å². The molecule has 0 saturated carbocycles. The summed E-state index contributed by atoms with van der Waals surface area (Å²) in [6.45, 7) is 28.0. The lowest BCUT2D eigenvalue weighted by molar-refractivity contribution is -0.319. The highest BCUT2D eigenvalue weighted by atomic mass is 28.4. The fraction of sp³-hybridized carbons (Fsp3) is 0.933. The van der Waals surface area contributed by atoms with Gasteiger partial charge in [-0.25, -0.2) is 0 Å². The lowest BCUT2D eigenvalue weighted by Crippen LogP contribution is -2.59. The van der Waals surface area contributed by atoms with Gasteiger partial charge in [0.25, 0.3) is 0 Å². The molecule has 11 atom stereocenters. The zero-order chi connectivity index (χ0) is 31.1. The molecule has 0 spiro atoms. The molecule has 3 heterocycles. The van der Waals surface area contributed by atoms with Crippen LogP contribution in [0.25, 0.3) is 0 Å². The minimum atomic E-state index is -2.21. The second-order valence-corrected chi connectivity index (χ2v) is 24.7. The van der Waals surface area contributed by atoms with Gasteiger partial charge in [0.05, 0.1) is 36.8 Å². The first-order chi connectivity index (χ1) is 18.6. The van der Waals surface area contributed by atoms with Gasteiger partial charge in [-0.1, -0.05) is 41.5 Å². The molecule has 0 bridgehead atoms. The second kappa shape index (κ2) is 12.9. The molecular weight excluding hydrogens is 560 g/mol. The van der Waals surface area contributed by atoms with Crippen LogP contribution < -0.4 is 0 Å². The summed E-state index contributed by atoms with van der Waals surface area (Å²) in [5.41, 5.74) is 0. The smallest absolute Gasteiger partial charge is 0.193 e. The van der Waals surface area contributed by atoms with E-state index in [1.54, 1.807) is 13.2 Å². The Morgan fingerprint density at radius 1 is 0.707 bits per heavy atom. The maximum atomic E-state index is 10.4. The molecule has 9 nitrogen and oxygen atoms in total. The van der Waals surface area contributed by atoms with Crippen LogP contribution in [0.5, 0.6) is 0 Å². The van der Waals surface area contributed by atoms with Crippen LogP contribution in [0.4, 0.5) is 0 Å². The van der Waals surface area contributed by atoms with Crippen LogP contribution in [0.3, 0.4) is 0 Å². The predicted molar refractivity (Wildman–Crippen MR) is 163 cm³/mol. The summed E-state index contributed by atoms with van der Waals surface area (Å²) in [6, 6.07) is 0. The minimum Gasteiger partial charge on any atom is -0.496 e. The number of hydrogen-bond acceptors (Lipinski definition) is 9. The van der Waals surface area contributed by atoms with E-state index in [2.05, 4.69) is 67.7 Å². The lowest BCUT2D eigenvalue weighted by atomic mass is 10.00. The molecule has 0 aromatic rings. The number of rotatable bonds is 8. The molecule has 11 heteroatoms. The monoisotopic (exact) mass is 618 g/mol. The number of hydrogen-bond donors (Lipinski definition) is 2. The van der Waals surface area contributed by atoms with E-state index in [9.17, 15) is 10.2 Å². The fourth-order valence-electron chi connectivity index (χ4n) is 4.93. The molecule has 0 radical (unpaired) electrons. The van der Waals surface area contributed by atoms with Crippen LogP contribution in [0.1, 0.15) is 75.2 Å². The van der Waals surface area contributed by atoms with Crippen molar-refractivity contribution in [1.82, 2.24) is 0 Å². The summed E-state index contributed by atoms with van der Waals surface area (Å²) in [5, 5.41) is 20.6. The number of ether oxygens (including phenoxy) is 5. The molecule has 2 N–H and O–H groups in total. The Labute approximate surface area is 250 Å². The zero-order valence-electron chi connectivity index (χ0n) is 27.7. The molecule has 0 unspecified atom stereocenters. The molecule has 3 aliphatic heterocycles. The van der Waals surface area contributed by atoms with Crippen LogP contribution in [0.15, 0.2) is 12.3 Å². The van der Waals surface area contributed by atoms with Crippen molar-refractivity contribution < 1.29 is 42.7 Å². The van der Waals surface area contributed by atoms with Crippen molar-refractivity contribution in [2.45, 2.75) is 179 Å². The maximum absolute atomic E-state index is 10.4. The average molecular weight is 619 g/mol. The van der Waals surface area contributed by atoms with Gasteiger partial charge < -0.3 is 42.7 Å². The van der Waals surface area contributed by atoms with Gasteiger partial charge in [0.1, 0.15) is 24.4 Å². The van der Waals surface area contributed by atoms with Crippen LogP contribution in [0.2, 0.25) is 36.3 Å². The van der Waals surface area contributed by atoms with Crippen LogP contribution >= 0.6 is 0 Å². The third-order valence-corrected chi connectivity index (χ3v) is 18.7. The molecule has 0 aromatic carbocycles. The Hall–Kier alpha value is -0.346. The Balaban J connectivity index is 1.81. The summed E-state index contributed by atoms with van der Waals surface area (Å²) in [6.07, 6.45) is -1.27. The third-order valence-electron chi connectivity index (χ3n) is 9.75. The largest absolute Gasteiger partial charge is 0.496 e. The van der Waals surface area contributed by atoms with Crippen LogP contribution in [0, 0.1) is 0 Å². The van der Waals surface area contributed by atoms with E-state index in [1.807, 2.05) is 19.9 Å². The van der Waals surface area contributed by atoms with Crippen molar-refractivity contribution in [3.05, 3.63) is 12.3 Å². The number of aliphatic hydroxyl groups excluding tert-OH is 2. The molecule has 240 valence electrons. The minimum absolute atomic E-state index is 0.00970. The van der Waals surface area contributed by atoms with Crippen molar-refractivity contribution in [3.8, 4) is 0 Å². The first-order valence-corrected chi connectivity index (χ1v) is 21.1.